The van der Waals surface area contributed by atoms with Crippen LogP contribution in [0.25, 0.3) is 10.2 Å². The monoisotopic (exact) mass is 489 g/mol. The number of nitro benzene ring substituents is 1. The van der Waals surface area contributed by atoms with E-state index in [1.54, 1.807) is 24.3 Å². The fourth-order valence-electron chi connectivity index (χ4n) is 2.81. The highest BCUT2D eigenvalue weighted by molar-refractivity contribution is 8.01. The molecule has 4 aromatic rings. The summed E-state index contributed by atoms with van der Waals surface area (Å²) in [4.78, 5) is 26.8. The zero-order valence-corrected chi connectivity index (χ0v) is 19.0. The summed E-state index contributed by atoms with van der Waals surface area (Å²) < 4.78 is 7.56. The molecule has 11 heteroatoms. The Morgan fingerprint density at radius 2 is 2.03 bits per heavy atom. The number of amides is 1. The molecule has 0 fully saturated rings. The summed E-state index contributed by atoms with van der Waals surface area (Å²) in [6.45, 7) is 0. The summed E-state index contributed by atoms with van der Waals surface area (Å²) in [5.41, 5.74) is 3.99. The second-order valence-corrected chi connectivity index (χ2v) is 9.00. The SMILES string of the molecule is N#Cc1cc([N+](=O)[O-])ccc1Oc1ccc(C=NNC(=O)CSc2nc3ccccc3s2)cc1. The van der Waals surface area contributed by atoms with E-state index in [2.05, 4.69) is 15.5 Å². The molecule has 1 N–H and O–H groups in total. The third-order valence-corrected chi connectivity index (χ3v) is 6.59. The van der Waals surface area contributed by atoms with Crippen LogP contribution in [0.4, 0.5) is 5.69 Å². The summed E-state index contributed by atoms with van der Waals surface area (Å²) in [6, 6.07) is 20.3. The van der Waals surface area contributed by atoms with Crippen molar-refractivity contribution in [3.8, 4) is 17.6 Å². The minimum atomic E-state index is -0.572. The van der Waals surface area contributed by atoms with Gasteiger partial charge >= 0.3 is 0 Å². The Hall–Kier alpha value is -4.27. The summed E-state index contributed by atoms with van der Waals surface area (Å²) >= 11 is 2.89. The lowest BCUT2D eigenvalue weighted by molar-refractivity contribution is -0.384. The van der Waals surface area contributed by atoms with Crippen LogP contribution in [0.1, 0.15) is 11.1 Å². The number of ether oxygens (including phenoxy) is 1. The molecule has 1 heterocycles. The number of nitro groups is 1. The van der Waals surface area contributed by atoms with Gasteiger partial charge in [0.25, 0.3) is 11.6 Å². The van der Waals surface area contributed by atoms with Crippen molar-refractivity contribution in [2.24, 2.45) is 5.10 Å². The number of rotatable bonds is 8. The van der Waals surface area contributed by atoms with Gasteiger partial charge < -0.3 is 4.74 Å². The smallest absolute Gasteiger partial charge is 0.271 e. The van der Waals surface area contributed by atoms with Crippen LogP contribution in [-0.2, 0) is 4.79 Å². The molecule has 4 rings (SSSR count). The number of aromatic nitrogens is 1. The van der Waals surface area contributed by atoms with Crippen LogP contribution in [0.15, 0.2) is 76.2 Å². The molecule has 0 aliphatic carbocycles. The van der Waals surface area contributed by atoms with Crippen LogP contribution in [-0.4, -0.2) is 27.8 Å². The molecule has 0 atom stereocenters. The first-order valence-corrected chi connectivity index (χ1v) is 11.6. The number of hydrogen-bond acceptors (Lipinski definition) is 9. The topological polar surface area (TPSA) is 131 Å². The third kappa shape index (κ3) is 5.74. The maximum Gasteiger partial charge on any atom is 0.271 e. The average Bonchev–Trinajstić information content (AvgIpc) is 3.27. The van der Waals surface area contributed by atoms with Crippen molar-refractivity contribution in [1.29, 1.82) is 5.26 Å². The summed E-state index contributed by atoms with van der Waals surface area (Å²) in [6.07, 6.45) is 1.50. The number of carbonyl (C=O) groups is 1. The van der Waals surface area contributed by atoms with E-state index < -0.39 is 4.92 Å². The zero-order valence-electron chi connectivity index (χ0n) is 17.4. The second kappa shape index (κ2) is 10.6. The molecule has 9 nitrogen and oxygen atoms in total. The van der Waals surface area contributed by atoms with Gasteiger partial charge in [-0.3, -0.25) is 14.9 Å². The molecule has 0 bridgehead atoms. The first-order valence-electron chi connectivity index (χ1n) is 9.78. The number of nitrogens with zero attached hydrogens (tertiary/aromatic N) is 4. The van der Waals surface area contributed by atoms with Gasteiger partial charge in [0, 0.05) is 12.1 Å². The number of thioether (sulfide) groups is 1. The van der Waals surface area contributed by atoms with E-state index in [1.807, 2.05) is 30.3 Å². The summed E-state index contributed by atoms with van der Waals surface area (Å²) in [5.74, 6) is 0.606. The van der Waals surface area contributed by atoms with Crippen LogP contribution >= 0.6 is 23.1 Å². The Morgan fingerprint density at radius 3 is 2.76 bits per heavy atom. The minimum Gasteiger partial charge on any atom is -0.456 e. The van der Waals surface area contributed by atoms with E-state index >= 15 is 0 Å². The van der Waals surface area contributed by atoms with Crippen LogP contribution in [0.2, 0.25) is 0 Å². The molecule has 34 heavy (non-hydrogen) atoms. The largest absolute Gasteiger partial charge is 0.456 e. The molecule has 1 aromatic heterocycles. The molecule has 0 aliphatic heterocycles. The normalized spacial score (nSPS) is 10.8. The van der Waals surface area contributed by atoms with Gasteiger partial charge in [-0.25, -0.2) is 10.4 Å². The van der Waals surface area contributed by atoms with Crippen molar-refractivity contribution in [3.05, 3.63) is 88.0 Å². The van der Waals surface area contributed by atoms with Crippen molar-refractivity contribution in [3.63, 3.8) is 0 Å². The van der Waals surface area contributed by atoms with E-state index in [0.29, 0.717) is 5.75 Å². The highest BCUT2D eigenvalue weighted by Gasteiger charge is 2.12. The molecular weight excluding hydrogens is 474 g/mol. The fourth-order valence-corrected chi connectivity index (χ4v) is 4.67. The Morgan fingerprint density at radius 1 is 1.24 bits per heavy atom. The molecule has 0 aliphatic rings. The molecule has 168 valence electrons. The lowest BCUT2D eigenvalue weighted by Crippen LogP contribution is -2.19. The lowest BCUT2D eigenvalue weighted by atomic mass is 10.2. The molecule has 0 unspecified atom stereocenters. The first-order chi connectivity index (χ1) is 16.5. The number of benzene rings is 3. The number of nitrogens with one attached hydrogen (secondary N) is 1. The quantitative estimate of drug-likeness (QED) is 0.157. The van der Waals surface area contributed by atoms with Crippen LogP contribution in [0.3, 0.4) is 0 Å². The lowest BCUT2D eigenvalue weighted by Gasteiger charge is -2.07. The second-order valence-electron chi connectivity index (χ2n) is 6.75. The van der Waals surface area contributed by atoms with Gasteiger partial charge in [0.15, 0.2) is 4.34 Å². The Balaban J connectivity index is 1.29. The van der Waals surface area contributed by atoms with Gasteiger partial charge in [0.1, 0.15) is 23.1 Å². The number of hydrogen-bond donors (Lipinski definition) is 1. The highest BCUT2D eigenvalue weighted by Crippen LogP contribution is 2.29. The Kier molecular flexibility index (Phi) is 7.12. The van der Waals surface area contributed by atoms with Gasteiger partial charge in [-0.1, -0.05) is 23.9 Å². The maximum absolute atomic E-state index is 12.0. The summed E-state index contributed by atoms with van der Waals surface area (Å²) in [5, 5.41) is 24.0. The Labute approximate surface area is 201 Å². The van der Waals surface area contributed by atoms with Crippen molar-refractivity contribution >= 4 is 51.1 Å². The molecule has 0 saturated heterocycles. The minimum absolute atomic E-state index is 0.0614. The number of hydrazone groups is 1. The van der Waals surface area contributed by atoms with Crippen molar-refractivity contribution in [2.45, 2.75) is 4.34 Å². The predicted molar refractivity (Wildman–Crippen MR) is 130 cm³/mol. The third-order valence-electron chi connectivity index (χ3n) is 4.41. The van der Waals surface area contributed by atoms with Gasteiger partial charge in [-0.05, 0) is 48.0 Å². The maximum atomic E-state index is 12.0. The van der Waals surface area contributed by atoms with Gasteiger partial charge in [0.05, 0.1) is 27.1 Å². The Bertz CT molecular complexity index is 1390. The molecule has 0 spiro atoms. The number of non-ortho nitro benzene ring substituents is 1. The van der Waals surface area contributed by atoms with E-state index in [9.17, 15) is 20.2 Å². The standard InChI is InChI=1S/C23H15N5O4S2/c24-12-16-11-17(28(30)31)7-10-20(16)32-18-8-5-15(6-9-18)13-25-27-22(29)14-33-23-26-19-3-1-2-4-21(19)34-23/h1-11,13H,14H2,(H,27,29). The molecular formula is C23H15N5O4S2. The van der Waals surface area contributed by atoms with Crippen LogP contribution in [0, 0.1) is 21.4 Å². The number of thiazole rings is 1. The van der Waals surface area contributed by atoms with Gasteiger partial charge in [-0.15, -0.1) is 11.3 Å². The van der Waals surface area contributed by atoms with Crippen molar-refractivity contribution < 1.29 is 14.5 Å². The van der Waals surface area contributed by atoms with Gasteiger partial charge in [-0.2, -0.15) is 10.4 Å². The number of carbonyl (C=O) groups excluding carboxylic acids is 1. The van der Waals surface area contributed by atoms with Crippen LogP contribution < -0.4 is 10.2 Å². The number of nitriles is 1. The number of fused-ring (bicyclic) bond motifs is 1. The van der Waals surface area contributed by atoms with E-state index in [4.69, 9.17) is 4.74 Å². The molecule has 0 saturated carbocycles. The van der Waals surface area contributed by atoms with Crippen molar-refractivity contribution in [2.75, 3.05) is 5.75 Å². The predicted octanol–water partition coefficient (Wildman–Crippen LogP) is 5.11. The van der Waals surface area contributed by atoms with Crippen molar-refractivity contribution in [1.82, 2.24) is 10.4 Å². The number of para-hydroxylation sites is 1. The van der Waals surface area contributed by atoms with Gasteiger partial charge in [0.2, 0.25) is 0 Å². The average molecular weight is 490 g/mol. The molecule has 3 aromatic carbocycles. The molecule has 1 amide bonds. The summed E-state index contributed by atoms with van der Waals surface area (Å²) in [7, 11) is 0. The molecule has 0 radical (unpaired) electrons. The fraction of sp³-hybridized carbons (Fsp3) is 0.0435. The van der Waals surface area contributed by atoms with E-state index in [0.717, 1.165) is 26.2 Å². The zero-order chi connectivity index (χ0) is 23.9. The highest BCUT2D eigenvalue weighted by atomic mass is 32.2. The van der Waals surface area contributed by atoms with E-state index in [1.165, 1.54) is 41.4 Å². The first kappa shape index (κ1) is 22.9. The van der Waals surface area contributed by atoms with E-state index in [-0.39, 0.29) is 28.7 Å². The van der Waals surface area contributed by atoms with Crippen LogP contribution in [0.5, 0.6) is 11.5 Å².